The van der Waals surface area contributed by atoms with E-state index < -0.39 is 0 Å². The van der Waals surface area contributed by atoms with Crippen LogP contribution in [0.25, 0.3) is 16.7 Å². The van der Waals surface area contributed by atoms with Crippen LogP contribution >= 0.6 is 11.6 Å². The summed E-state index contributed by atoms with van der Waals surface area (Å²) in [5, 5.41) is 5.76. The second kappa shape index (κ2) is 3.96. The van der Waals surface area contributed by atoms with Crippen molar-refractivity contribution in [3.63, 3.8) is 0 Å². The molecule has 1 aromatic carbocycles. The van der Waals surface area contributed by atoms with Crippen molar-refractivity contribution in [3.8, 4) is 5.82 Å². The first-order valence-corrected chi connectivity index (χ1v) is 5.76. The molecule has 3 aromatic rings. The van der Waals surface area contributed by atoms with E-state index in [1.807, 2.05) is 19.1 Å². The Kier molecular flexibility index (Phi) is 2.41. The Hall–Kier alpha value is -2.14. The van der Waals surface area contributed by atoms with E-state index in [4.69, 9.17) is 17.3 Å². The van der Waals surface area contributed by atoms with Crippen LogP contribution in [-0.4, -0.2) is 19.7 Å². The van der Waals surface area contributed by atoms with Crippen LogP contribution in [0, 0.1) is 6.92 Å². The van der Waals surface area contributed by atoms with Gasteiger partial charge < -0.3 is 5.73 Å². The molecule has 0 saturated heterocycles. The molecule has 0 fully saturated rings. The van der Waals surface area contributed by atoms with Gasteiger partial charge in [0.05, 0.1) is 11.2 Å². The Balaban J connectivity index is 2.35. The maximum Gasteiger partial charge on any atom is 0.166 e. The van der Waals surface area contributed by atoms with Gasteiger partial charge in [0.1, 0.15) is 12.1 Å². The molecule has 0 aliphatic rings. The second-order valence-corrected chi connectivity index (χ2v) is 4.42. The van der Waals surface area contributed by atoms with Crippen LogP contribution in [-0.2, 0) is 0 Å². The number of halogens is 1. The monoisotopic (exact) mass is 259 g/mol. The fourth-order valence-corrected chi connectivity index (χ4v) is 2.05. The van der Waals surface area contributed by atoms with Crippen molar-refractivity contribution < 1.29 is 0 Å². The van der Waals surface area contributed by atoms with E-state index in [0.717, 1.165) is 16.6 Å². The summed E-state index contributed by atoms with van der Waals surface area (Å²) >= 11 is 6.01. The van der Waals surface area contributed by atoms with Crippen LogP contribution in [0.3, 0.4) is 0 Å². The molecule has 0 aliphatic carbocycles. The predicted octanol–water partition coefficient (Wildman–Crippen LogP) is 2.36. The number of hydrogen-bond acceptors (Lipinski definition) is 4. The highest BCUT2D eigenvalue weighted by Gasteiger charge is 2.10. The standard InChI is InChI=1S/C12H10ClN5/c1-7-4-11(14)18(17-7)12-9-5-8(13)2-3-10(9)15-6-16-12/h2-6H,14H2,1H3. The maximum atomic E-state index is 6.01. The van der Waals surface area contributed by atoms with Crippen LogP contribution in [0.5, 0.6) is 0 Å². The average molecular weight is 260 g/mol. The lowest BCUT2D eigenvalue weighted by atomic mass is 10.2. The molecular formula is C12H10ClN5. The summed E-state index contributed by atoms with van der Waals surface area (Å²) in [6.45, 7) is 1.88. The molecule has 2 aromatic heterocycles. The van der Waals surface area contributed by atoms with Gasteiger partial charge in [-0.05, 0) is 25.1 Å². The number of anilines is 1. The van der Waals surface area contributed by atoms with Crippen molar-refractivity contribution in [1.82, 2.24) is 19.7 Å². The molecule has 90 valence electrons. The maximum absolute atomic E-state index is 6.01. The van der Waals surface area contributed by atoms with Gasteiger partial charge in [-0.1, -0.05) is 11.6 Å². The van der Waals surface area contributed by atoms with Crippen molar-refractivity contribution in [3.05, 3.63) is 41.3 Å². The summed E-state index contributed by atoms with van der Waals surface area (Å²) in [4.78, 5) is 8.44. The summed E-state index contributed by atoms with van der Waals surface area (Å²) in [7, 11) is 0. The lowest BCUT2D eigenvalue weighted by molar-refractivity contribution is 0.845. The molecule has 0 aliphatic heterocycles. The molecule has 0 saturated carbocycles. The Morgan fingerprint density at radius 3 is 2.78 bits per heavy atom. The normalized spacial score (nSPS) is 11.0. The van der Waals surface area contributed by atoms with Gasteiger partial charge in [0.25, 0.3) is 0 Å². The molecule has 18 heavy (non-hydrogen) atoms. The predicted molar refractivity (Wildman–Crippen MR) is 70.8 cm³/mol. The molecule has 2 N–H and O–H groups in total. The minimum absolute atomic E-state index is 0.535. The quantitative estimate of drug-likeness (QED) is 0.728. The summed E-state index contributed by atoms with van der Waals surface area (Å²) in [5.41, 5.74) is 7.55. The zero-order valence-electron chi connectivity index (χ0n) is 9.63. The summed E-state index contributed by atoms with van der Waals surface area (Å²) in [6, 6.07) is 7.23. The number of benzene rings is 1. The van der Waals surface area contributed by atoms with Gasteiger partial charge in [-0.15, -0.1) is 0 Å². The Bertz CT molecular complexity index is 734. The van der Waals surface area contributed by atoms with E-state index in [9.17, 15) is 0 Å². The van der Waals surface area contributed by atoms with Crippen LogP contribution in [0.2, 0.25) is 5.02 Å². The fraction of sp³-hybridized carbons (Fsp3) is 0.0833. The number of nitrogens with zero attached hydrogens (tertiary/aromatic N) is 4. The number of rotatable bonds is 1. The highest BCUT2D eigenvalue weighted by atomic mass is 35.5. The van der Waals surface area contributed by atoms with E-state index >= 15 is 0 Å². The molecule has 0 atom stereocenters. The number of nitrogen functional groups attached to an aromatic ring is 1. The SMILES string of the molecule is Cc1cc(N)n(-c2ncnc3ccc(Cl)cc23)n1. The lowest BCUT2D eigenvalue weighted by Gasteiger charge is -2.06. The first-order chi connectivity index (χ1) is 8.65. The summed E-state index contributed by atoms with van der Waals surface area (Å²) in [5.74, 6) is 1.17. The van der Waals surface area contributed by atoms with Crippen LogP contribution in [0.15, 0.2) is 30.6 Å². The smallest absolute Gasteiger partial charge is 0.166 e. The van der Waals surface area contributed by atoms with E-state index in [2.05, 4.69) is 15.1 Å². The fourth-order valence-electron chi connectivity index (χ4n) is 1.87. The molecule has 3 rings (SSSR count). The molecule has 0 amide bonds. The Morgan fingerprint density at radius 1 is 1.22 bits per heavy atom. The largest absolute Gasteiger partial charge is 0.384 e. The summed E-state index contributed by atoms with van der Waals surface area (Å²) < 4.78 is 1.59. The van der Waals surface area contributed by atoms with Gasteiger partial charge in [0, 0.05) is 16.5 Å². The zero-order chi connectivity index (χ0) is 12.7. The number of hydrogen-bond donors (Lipinski definition) is 1. The van der Waals surface area contributed by atoms with Crippen molar-refractivity contribution in [2.24, 2.45) is 0 Å². The van der Waals surface area contributed by atoms with Crippen molar-refractivity contribution in [1.29, 1.82) is 0 Å². The van der Waals surface area contributed by atoms with E-state index in [-0.39, 0.29) is 0 Å². The molecule has 5 nitrogen and oxygen atoms in total. The summed E-state index contributed by atoms with van der Waals surface area (Å²) in [6.07, 6.45) is 1.49. The van der Waals surface area contributed by atoms with Crippen LogP contribution in [0.1, 0.15) is 5.69 Å². The molecule has 0 bridgehead atoms. The van der Waals surface area contributed by atoms with Crippen molar-refractivity contribution in [2.45, 2.75) is 6.92 Å². The van der Waals surface area contributed by atoms with E-state index in [1.165, 1.54) is 6.33 Å². The zero-order valence-corrected chi connectivity index (χ0v) is 10.4. The molecule has 0 radical (unpaired) electrons. The van der Waals surface area contributed by atoms with Gasteiger partial charge in [-0.3, -0.25) is 0 Å². The average Bonchev–Trinajstić information content (AvgIpc) is 2.67. The number of nitrogens with two attached hydrogens (primary N) is 1. The minimum Gasteiger partial charge on any atom is -0.384 e. The molecular weight excluding hydrogens is 250 g/mol. The number of aromatic nitrogens is 4. The molecule has 6 heteroatoms. The third kappa shape index (κ3) is 1.69. The lowest BCUT2D eigenvalue weighted by Crippen LogP contribution is -2.05. The highest BCUT2D eigenvalue weighted by molar-refractivity contribution is 6.31. The van der Waals surface area contributed by atoms with Gasteiger partial charge in [0.2, 0.25) is 0 Å². The van der Waals surface area contributed by atoms with Crippen molar-refractivity contribution in [2.75, 3.05) is 5.73 Å². The van der Waals surface area contributed by atoms with Gasteiger partial charge in [-0.2, -0.15) is 9.78 Å². The molecule has 2 heterocycles. The van der Waals surface area contributed by atoms with Crippen LogP contribution < -0.4 is 5.73 Å². The second-order valence-electron chi connectivity index (χ2n) is 3.98. The first kappa shape index (κ1) is 11.0. The Labute approximate surface area is 108 Å². The van der Waals surface area contributed by atoms with E-state index in [1.54, 1.807) is 16.8 Å². The first-order valence-electron chi connectivity index (χ1n) is 5.38. The topological polar surface area (TPSA) is 69.6 Å². The number of aryl methyl sites for hydroxylation is 1. The van der Waals surface area contributed by atoms with Gasteiger partial charge in [-0.25, -0.2) is 9.97 Å². The van der Waals surface area contributed by atoms with Crippen LogP contribution in [0.4, 0.5) is 5.82 Å². The van der Waals surface area contributed by atoms with Crippen molar-refractivity contribution >= 4 is 28.3 Å². The van der Waals surface area contributed by atoms with Gasteiger partial charge in [0.15, 0.2) is 5.82 Å². The minimum atomic E-state index is 0.535. The molecule has 0 unspecified atom stereocenters. The highest BCUT2D eigenvalue weighted by Crippen LogP contribution is 2.23. The Morgan fingerprint density at radius 2 is 2.06 bits per heavy atom. The molecule has 0 spiro atoms. The van der Waals surface area contributed by atoms with Gasteiger partial charge >= 0.3 is 0 Å². The van der Waals surface area contributed by atoms with E-state index in [0.29, 0.717) is 16.7 Å². The number of fused-ring (bicyclic) bond motifs is 1. The third-order valence-electron chi connectivity index (χ3n) is 2.64. The third-order valence-corrected chi connectivity index (χ3v) is 2.87.